The third kappa shape index (κ3) is 2.32. The van der Waals surface area contributed by atoms with Crippen LogP contribution in [-0.4, -0.2) is 20.8 Å². The van der Waals surface area contributed by atoms with Crippen molar-refractivity contribution in [3.8, 4) is 0 Å². The number of nitro benzene ring substituents is 1. The number of hydrogen-bond donors (Lipinski definition) is 2. The van der Waals surface area contributed by atoms with Crippen LogP contribution in [0.2, 0.25) is 0 Å². The lowest BCUT2D eigenvalue weighted by Gasteiger charge is -2.04. The summed E-state index contributed by atoms with van der Waals surface area (Å²) in [6, 6.07) is 2.87. The van der Waals surface area contributed by atoms with Crippen molar-refractivity contribution in [1.82, 2.24) is 9.97 Å². The Morgan fingerprint density at radius 3 is 2.89 bits per heavy atom. The summed E-state index contributed by atoms with van der Waals surface area (Å²) in [5.74, 6) is -1.46. The molecule has 0 bridgehead atoms. The molecule has 92 valence electrons. The third-order valence-electron chi connectivity index (χ3n) is 2.12. The van der Waals surface area contributed by atoms with Crippen LogP contribution in [0.15, 0.2) is 30.6 Å². The van der Waals surface area contributed by atoms with Gasteiger partial charge < -0.3 is 10.3 Å². The average molecular weight is 250 g/mol. The third-order valence-corrected chi connectivity index (χ3v) is 2.12. The van der Waals surface area contributed by atoms with Gasteiger partial charge in [0.2, 0.25) is 0 Å². The molecular weight excluding hydrogens is 243 g/mol. The van der Waals surface area contributed by atoms with Crippen LogP contribution in [0.4, 0.5) is 15.8 Å². The van der Waals surface area contributed by atoms with E-state index in [1.807, 2.05) is 0 Å². The Bertz CT molecular complexity index is 597. The molecule has 8 heteroatoms. The predicted molar refractivity (Wildman–Crippen MR) is 59.6 cm³/mol. The van der Waals surface area contributed by atoms with Gasteiger partial charge in [0.15, 0.2) is 5.82 Å². The van der Waals surface area contributed by atoms with Crippen LogP contribution in [0.1, 0.15) is 10.6 Å². The molecule has 2 aromatic rings. The van der Waals surface area contributed by atoms with Gasteiger partial charge in [-0.05, 0) is 6.07 Å². The highest BCUT2D eigenvalue weighted by atomic mass is 19.1. The Morgan fingerprint density at radius 1 is 1.50 bits per heavy atom. The average Bonchev–Trinajstić information content (AvgIpc) is 2.85. The van der Waals surface area contributed by atoms with Crippen LogP contribution in [-0.2, 0) is 0 Å². The van der Waals surface area contributed by atoms with Crippen molar-refractivity contribution in [2.75, 3.05) is 5.32 Å². The summed E-state index contributed by atoms with van der Waals surface area (Å²) in [5, 5.41) is 12.7. The fourth-order valence-corrected chi connectivity index (χ4v) is 1.29. The van der Waals surface area contributed by atoms with Crippen LogP contribution < -0.4 is 5.32 Å². The van der Waals surface area contributed by atoms with E-state index in [9.17, 15) is 19.3 Å². The molecule has 1 amide bonds. The number of halogens is 1. The van der Waals surface area contributed by atoms with Crippen LogP contribution >= 0.6 is 0 Å². The minimum absolute atomic E-state index is 0.0130. The molecule has 2 N–H and O–H groups in total. The van der Waals surface area contributed by atoms with Crippen molar-refractivity contribution >= 4 is 17.3 Å². The summed E-state index contributed by atoms with van der Waals surface area (Å²) in [6.07, 6.45) is 2.79. The van der Waals surface area contributed by atoms with Crippen LogP contribution in [0.5, 0.6) is 0 Å². The van der Waals surface area contributed by atoms with Crippen molar-refractivity contribution in [2.24, 2.45) is 0 Å². The van der Waals surface area contributed by atoms with E-state index in [-0.39, 0.29) is 17.2 Å². The predicted octanol–water partition coefficient (Wildman–Crippen LogP) is 1.71. The van der Waals surface area contributed by atoms with Gasteiger partial charge in [0, 0.05) is 24.5 Å². The molecule has 0 atom stereocenters. The number of hydrogen-bond acceptors (Lipinski definition) is 4. The number of H-pyrrole nitrogens is 1. The molecule has 1 aromatic carbocycles. The van der Waals surface area contributed by atoms with E-state index in [4.69, 9.17) is 0 Å². The van der Waals surface area contributed by atoms with Crippen molar-refractivity contribution in [1.29, 1.82) is 0 Å². The number of carbonyl (C=O) groups is 1. The summed E-state index contributed by atoms with van der Waals surface area (Å²) in [6.45, 7) is 0. The molecule has 18 heavy (non-hydrogen) atoms. The second-order valence-corrected chi connectivity index (χ2v) is 3.31. The molecule has 0 spiro atoms. The number of benzene rings is 1. The van der Waals surface area contributed by atoms with Crippen molar-refractivity contribution in [3.05, 3.63) is 52.3 Å². The molecule has 7 nitrogen and oxygen atoms in total. The maximum Gasteiger partial charge on any atom is 0.291 e. The number of aromatic amines is 1. The standard InChI is InChI=1S/C10H7FN4O3/c11-7-2-1-6(15(17)18)5-8(7)14-10(16)9-12-3-4-13-9/h1-5H,(H,12,13)(H,14,16). The van der Waals surface area contributed by atoms with Gasteiger partial charge in [-0.25, -0.2) is 9.37 Å². The van der Waals surface area contributed by atoms with Crippen molar-refractivity contribution in [3.63, 3.8) is 0 Å². The second kappa shape index (κ2) is 4.62. The van der Waals surface area contributed by atoms with E-state index in [2.05, 4.69) is 15.3 Å². The molecule has 0 unspecified atom stereocenters. The number of nitrogens with zero attached hydrogens (tertiary/aromatic N) is 2. The van der Waals surface area contributed by atoms with E-state index in [1.54, 1.807) is 0 Å². The largest absolute Gasteiger partial charge is 0.341 e. The Morgan fingerprint density at radius 2 is 2.28 bits per heavy atom. The molecule has 0 saturated heterocycles. The number of rotatable bonds is 3. The first kappa shape index (κ1) is 11.7. The summed E-state index contributed by atoms with van der Waals surface area (Å²) < 4.78 is 13.4. The van der Waals surface area contributed by atoms with Gasteiger partial charge in [-0.2, -0.15) is 0 Å². The molecule has 2 rings (SSSR count). The summed E-state index contributed by atoms with van der Waals surface area (Å²) >= 11 is 0. The van der Waals surface area contributed by atoms with Gasteiger partial charge in [-0.1, -0.05) is 0 Å². The maximum absolute atomic E-state index is 13.4. The van der Waals surface area contributed by atoms with E-state index < -0.39 is 16.6 Å². The zero-order valence-electron chi connectivity index (χ0n) is 8.88. The van der Waals surface area contributed by atoms with E-state index in [1.165, 1.54) is 12.4 Å². The molecule has 0 aliphatic carbocycles. The molecule has 0 radical (unpaired) electrons. The van der Waals surface area contributed by atoms with Gasteiger partial charge in [-0.15, -0.1) is 0 Å². The SMILES string of the molecule is O=C(Nc1cc([N+](=O)[O-])ccc1F)c1ncc[nH]1. The number of nitro groups is 1. The van der Waals surface area contributed by atoms with Crippen LogP contribution in [0.3, 0.4) is 0 Å². The molecule has 0 aliphatic heterocycles. The molecule has 0 fully saturated rings. The van der Waals surface area contributed by atoms with Crippen molar-refractivity contribution in [2.45, 2.75) is 0 Å². The molecule has 1 aromatic heterocycles. The van der Waals surface area contributed by atoms with Gasteiger partial charge in [0.25, 0.3) is 11.6 Å². The number of aromatic nitrogens is 2. The first-order chi connectivity index (χ1) is 8.58. The van der Waals surface area contributed by atoms with Gasteiger partial charge in [-0.3, -0.25) is 14.9 Å². The van der Waals surface area contributed by atoms with Gasteiger partial charge in [0.1, 0.15) is 5.82 Å². The normalized spacial score (nSPS) is 10.1. The van der Waals surface area contributed by atoms with E-state index in [0.717, 1.165) is 18.2 Å². The maximum atomic E-state index is 13.4. The highest BCUT2D eigenvalue weighted by molar-refractivity contribution is 6.01. The minimum Gasteiger partial charge on any atom is -0.341 e. The lowest BCUT2D eigenvalue weighted by molar-refractivity contribution is -0.384. The minimum atomic E-state index is -0.763. The zero-order valence-corrected chi connectivity index (χ0v) is 8.88. The Balaban J connectivity index is 2.26. The van der Waals surface area contributed by atoms with E-state index >= 15 is 0 Å². The summed E-state index contributed by atoms with van der Waals surface area (Å²) in [5.41, 5.74) is -0.586. The highest BCUT2D eigenvalue weighted by Crippen LogP contribution is 2.21. The smallest absolute Gasteiger partial charge is 0.291 e. The number of non-ortho nitro benzene ring substituents is 1. The molecule has 0 saturated carbocycles. The number of anilines is 1. The first-order valence-electron chi connectivity index (χ1n) is 4.82. The monoisotopic (exact) mass is 250 g/mol. The van der Waals surface area contributed by atoms with Crippen LogP contribution in [0.25, 0.3) is 0 Å². The van der Waals surface area contributed by atoms with Gasteiger partial charge >= 0.3 is 0 Å². The fraction of sp³-hybridized carbons (Fsp3) is 0. The number of nitrogens with one attached hydrogen (secondary N) is 2. The van der Waals surface area contributed by atoms with E-state index in [0.29, 0.717) is 0 Å². The molecule has 0 aliphatic rings. The fourth-order valence-electron chi connectivity index (χ4n) is 1.29. The van der Waals surface area contributed by atoms with Crippen molar-refractivity contribution < 1.29 is 14.1 Å². The zero-order chi connectivity index (χ0) is 13.1. The molecule has 1 heterocycles. The topological polar surface area (TPSA) is 101 Å². The second-order valence-electron chi connectivity index (χ2n) is 3.31. The Hall–Kier alpha value is -2.77. The lowest BCUT2D eigenvalue weighted by atomic mass is 10.2. The first-order valence-corrected chi connectivity index (χ1v) is 4.82. The number of imidazole rings is 1. The van der Waals surface area contributed by atoms with Gasteiger partial charge in [0.05, 0.1) is 10.6 Å². The summed E-state index contributed by atoms with van der Waals surface area (Å²) in [7, 11) is 0. The lowest BCUT2D eigenvalue weighted by Crippen LogP contribution is -2.14. The quantitative estimate of drug-likeness (QED) is 0.639. The summed E-state index contributed by atoms with van der Waals surface area (Å²) in [4.78, 5) is 27.6. The van der Waals surface area contributed by atoms with Crippen LogP contribution in [0, 0.1) is 15.9 Å². The Kier molecular flexibility index (Phi) is 3.00. The highest BCUT2D eigenvalue weighted by Gasteiger charge is 2.15. The Labute approximate surface area is 99.8 Å². The number of amides is 1. The molecular formula is C10H7FN4O3. The number of carbonyl (C=O) groups excluding carboxylic acids is 1.